The van der Waals surface area contributed by atoms with E-state index < -0.39 is 0 Å². The molecule has 0 saturated carbocycles. The average molecular weight is 300 g/mol. The molecule has 74 valence electrons. The first-order chi connectivity index (χ1) is 6.48. The van der Waals surface area contributed by atoms with Crippen LogP contribution in [0.25, 0.3) is 5.52 Å². The number of halogens is 1. The maximum atomic E-state index is 4.27. The fraction of sp³-hybridized carbons (Fsp3) is 0.364. The molecule has 0 atom stereocenters. The zero-order valence-corrected chi connectivity index (χ0v) is 10.7. The predicted octanol–water partition coefficient (Wildman–Crippen LogP) is 3.24. The van der Waals surface area contributed by atoms with Crippen molar-refractivity contribution in [2.45, 2.75) is 26.2 Å². The number of imidazole rings is 1. The molecule has 0 unspecified atom stereocenters. The van der Waals surface area contributed by atoms with Gasteiger partial charge >= 0.3 is 0 Å². The van der Waals surface area contributed by atoms with Crippen molar-refractivity contribution in [3.05, 3.63) is 33.9 Å². The van der Waals surface area contributed by atoms with E-state index >= 15 is 0 Å². The lowest BCUT2D eigenvalue weighted by atomic mass is 9.88. The van der Waals surface area contributed by atoms with E-state index in [2.05, 4.69) is 71.1 Å². The Bertz CT molecular complexity index is 466. The summed E-state index contributed by atoms with van der Waals surface area (Å²) in [6.07, 6.45) is 3.93. The lowest BCUT2D eigenvalue weighted by molar-refractivity contribution is 0.590. The second-order valence-corrected chi connectivity index (χ2v) is 5.52. The van der Waals surface area contributed by atoms with Gasteiger partial charge in [-0.25, -0.2) is 4.98 Å². The molecule has 14 heavy (non-hydrogen) atoms. The topological polar surface area (TPSA) is 17.3 Å². The summed E-state index contributed by atoms with van der Waals surface area (Å²) in [6.45, 7) is 6.67. The zero-order valence-electron chi connectivity index (χ0n) is 8.58. The van der Waals surface area contributed by atoms with Gasteiger partial charge in [0.1, 0.15) is 10.0 Å². The van der Waals surface area contributed by atoms with Gasteiger partial charge in [0.05, 0.1) is 5.52 Å². The van der Waals surface area contributed by atoms with Crippen LogP contribution in [0.1, 0.15) is 26.3 Å². The molecule has 0 fully saturated rings. The van der Waals surface area contributed by atoms with Crippen LogP contribution in [0.3, 0.4) is 0 Å². The number of nitrogens with zero attached hydrogens (tertiary/aromatic N) is 2. The van der Waals surface area contributed by atoms with Crippen LogP contribution in [0.2, 0.25) is 0 Å². The monoisotopic (exact) mass is 300 g/mol. The summed E-state index contributed by atoms with van der Waals surface area (Å²) < 4.78 is 3.12. The van der Waals surface area contributed by atoms with Crippen molar-refractivity contribution in [3.63, 3.8) is 0 Å². The Labute approximate surface area is 97.5 Å². The van der Waals surface area contributed by atoms with Gasteiger partial charge in [-0.05, 0) is 45.7 Å². The summed E-state index contributed by atoms with van der Waals surface area (Å²) in [7, 11) is 0. The van der Waals surface area contributed by atoms with Gasteiger partial charge in [0.25, 0.3) is 0 Å². The van der Waals surface area contributed by atoms with Crippen LogP contribution in [-0.4, -0.2) is 9.38 Å². The van der Waals surface area contributed by atoms with Crippen LogP contribution in [0.4, 0.5) is 0 Å². The minimum Gasteiger partial charge on any atom is -0.305 e. The predicted molar refractivity (Wildman–Crippen MR) is 66.6 cm³/mol. The van der Waals surface area contributed by atoms with Gasteiger partial charge in [-0.1, -0.05) is 20.8 Å². The second-order valence-electron chi connectivity index (χ2n) is 4.49. The van der Waals surface area contributed by atoms with E-state index in [0.717, 1.165) is 3.70 Å². The lowest BCUT2D eigenvalue weighted by Gasteiger charge is -2.18. The lowest BCUT2D eigenvalue weighted by Crippen LogP contribution is -2.11. The van der Waals surface area contributed by atoms with Crippen molar-refractivity contribution in [3.8, 4) is 0 Å². The van der Waals surface area contributed by atoms with E-state index in [0.29, 0.717) is 0 Å². The molecule has 0 aliphatic heterocycles. The molecule has 0 aliphatic rings. The van der Waals surface area contributed by atoms with Gasteiger partial charge in [-0.15, -0.1) is 0 Å². The summed E-state index contributed by atoms with van der Waals surface area (Å²) in [5.41, 5.74) is 2.75. The third-order valence-corrected chi connectivity index (χ3v) is 3.19. The number of hydrogen-bond acceptors (Lipinski definition) is 1. The normalized spacial score (nSPS) is 12.3. The molecule has 0 aromatic carbocycles. The fourth-order valence-electron chi connectivity index (χ4n) is 1.42. The largest absolute Gasteiger partial charge is 0.305 e. The molecular weight excluding hydrogens is 287 g/mol. The van der Waals surface area contributed by atoms with E-state index in [1.807, 2.05) is 6.33 Å². The molecule has 0 aliphatic carbocycles. The average Bonchev–Trinajstić information content (AvgIpc) is 2.46. The standard InChI is InChI=1S/C11H13IN2/c1-11(2,3)8-4-5-14-7-13-10(12)9(14)6-8/h4-7H,1-3H3. The molecule has 2 rings (SSSR count). The molecule has 2 aromatic heterocycles. The quantitative estimate of drug-likeness (QED) is 0.683. The Morgan fingerprint density at radius 1 is 1.36 bits per heavy atom. The zero-order chi connectivity index (χ0) is 10.3. The van der Waals surface area contributed by atoms with Gasteiger partial charge in [0.15, 0.2) is 0 Å². The van der Waals surface area contributed by atoms with Crippen molar-refractivity contribution in [2.24, 2.45) is 0 Å². The maximum Gasteiger partial charge on any atom is 0.127 e. The highest BCUT2D eigenvalue weighted by Crippen LogP contribution is 2.24. The molecule has 0 bridgehead atoms. The number of rotatable bonds is 0. The fourth-order valence-corrected chi connectivity index (χ4v) is 1.98. The number of pyridine rings is 1. The Balaban J connectivity index is 2.66. The van der Waals surface area contributed by atoms with Crippen molar-refractivity contribution in [1.29, 1.82) is 0 Å². The Hall–Kier alpha value is -0.580. The van der Waals surface area contributed by atoms with E-state index in [9.17, 15) is 0 Å². The SMILES string of the molecule is CC(C)(C)c1ccn2cnc(I)c2c1. The Kier molecular flexibility index (Phi) is 2.29. The minimum atomic E-state index is 0.203. The number of hydrogen-bond donors (Lipinski definition) is 0. The molecule has 2 nitrogen and oxygen atoms in total. The third-order valence-electron chi connectivity index (χ3n) is 2.36. The van der Waals surface area contributed by atoms with E-state index in [1.165, 1.54) is 11.1 Å². The minimum absolute atomic E-state index is 0.203. The molecular formula is C11H13IN2. The van der Waals surface area contributed by atoms with Crippen molar-refractivity contribution in [2.75, 3.05) is 0 Å². The summed E-state index contributed by atoms with van der Waals surface area (Å²) >= 11 is 2.27. The molecule has 2 aromatic rings. The first-order valence-corrected chi connectivity index (χ1v) is 5.69. The molecule has 3 heteroatoms. The van der Waals surface area contributed by atoms with Gasteiger partial charge in [0, 0.05) is 6.20 Å². The molecule has 0 spiro atoms. The molecule has 0 saturated heterocycles. The van der Waals surface area contributed by atoms with Crippen molar-refractivity contribution < 1.29 is 0 Å². The van der Waals surface area contributed by atoms with E-state index in [-0.39, 0.29) is 5.41 Å². The van der Waals surface area contributed by atoms with Crippen LogP contribution in [-0.2, 0) is 5.41 Å². The van der Waals surface area contributed by atoms with Crippen LogP contribution in [0.5, 0.6) is 0 Å². The van der Waals surface area contributed by atoms with Gasteiger partial charge in [-0.3, -0.25) is 0 Å². The highest BCUT2D eigenvalue weighted by atomic mass is 127. The van der Waals surface area contributed by atoms with Crippen molar-refractivity contribution in [1.82, 2.24) is 9.38 Å². The van der Waals surface area contributed by atoms with Crippen LogP contribution in [0.15, 0.2) is 24.7 Å². The molecule has 0 N–H and O–H groups in total. The smallest absolute Gasteiger partial charge is 0.127 e. The van der Waals surface area contributed by atoms with Crippen molar-refractivity contribution >= 4 is 28.1 Å². The highest BCUT2D eigenvalue weighted by molar-refractivity contribution is 14.1. The van der Waals surface area contributed by atoms with Crippen LogP contribution in [0, 0.1) is 3.70 Å². The highest BCUT2D eigenvalue weighted by Gasteiger charge is 2.14. The molecule has 0 radical (unpaired) electrons. The summed E-state index contributed by atoms with van der Waals surface area (Å²) in [5.74, 6) is 0. The third kappa shape index (κ3) is 1.65. The van der Waals surface area contributed by atoms with Gasteiger partial charge in [-0.2, -0.15) is 0 Å². The molecule has 0 amide bonds. The summed E-state index contributed by atoms with van der Waals surface area (Å²) in [5, 5.41) is 0. The van der Waals surface area contributed by atoms with E-state index in [4.69, 9.17) is 0 Å². The van der Waals surface area contributed by atoms with Crippen LogP contribution >= 0.6 is 22.6 Å². The Morgan fingerprint density at radius 3 is 2.71 bits per heavy atom. The second kappa shape index (κ2) is 3.22. The first kappa shape index (κ1) is 9.96. The maximum absolute atomic E-state index is 4.27. The summed E-state index contributed by atoms with van der Waals surface area (Å²) in [4.78, 5) is 4.27. The Morgan fingerprint density at radius 2 is 2.07 bits per heavy atom. The summed E-state index contributed by atoms with van der Waals surface area (Å²) in [6, 6.07) is 4.37. The van der Waals surface area contributed by atoms with Gasteiger partial charge < -0.3 is 4.40 Å². The van der Waals surface area contributed by atoms with Gasteiger partial charge in [0.2, 0.25) is 0 Å². The number of aromatic nitrogens is 2. The first-order valence-electron chi connectivity index (χ1n) is 4.61. The van der Waals surface area contributed by atoms with E-state index in [1.54, 1.807) is 0 Å². The number of fused-ring (bicyclic) bond motifs is 1. The molecule has 2 heterocycles. The van der Waals surface area contributed by atoms with Crippen LogP contribution < -0.4 is 0 Å².